The number of methoxy groups -OCH3 is 1. The van der Waals surface area contributed by atoms with Gasteiger partial charge in [-0.15, -0.1) is 0 Å². The zero-order chi connectivity index (χ0) is 15.5. The van der Waals surface area contributed by atoms with E-state index in [1.54, 1.807) is 0 Å². The van der Waals surface area contributed by atoms with Crippen LogP contribution >= 0.6 is 11.6 Å². The average molecular weight is 315 g/mol. The second-order valence-corrected chi connectivity index (χ2v) is 5.72. The number of anilines is 1. The number of nitrogens with zero attached hydrogens (tertiary/aromatic N) is 2. The van der Waals surface area contributed by atoms with E-state index in [0.717, 1.165) is 30.6 Å². The molecule has 21 heavy (non-hydrogen) atoms. The molecule has 0 saturated carbocycles. The Bertz CT molecular complexity index is 581. The van der Waals surface area contributed by atoms with Gasteiger partial charge in [0.05, 0.1) is 19.0 Å². The van der Waals surface area contributed by atoms with Crippen molar-refractivity contribution in [1.82, 2.24) is 15.1 Å². The minimum atomic E-state index is -0.549. The minimum absolute atomic E-state index is 0.0358. The van der Waals surface area contributed by atoms with Crippen LogP contribution in [-0.2, 0) is 16.1 Å². The van der Waals surface area contributed by atoms with Crippen molar-refractivity contribution in [2.45, 2.75) is 31.8 Å². The predicted octanol–water partition coefficient (Wildman–Crippen LogP) is 0.624. The Hall–Kier alpha value is -1.60. The summed E-state index contributed by atoms with van der Waals surface area (Å²) in [4.78, 5) is 23.3. The van der Waals surface area contributed by atoms with Crippen molar-refractivity contribution in [1.29, 1.82) is 0 Å². The van der Waals surface area contributed by atoms with Gasteiger partial charge in [-0.3, -0.25) is 9.59 Å². The number of hydrogen-bond donors (Lipinski definition) is 2. The molecule has 2 N–H and O–H groups in total. The summed E-state index contributed by atoms with van der Waals surface area (Å²) in [6.45, 7) is 3.66. The Morgan fingerprint density at radius 3 is 2.86 bits per heavy atom. The van der Waals surface area contributed by atoms with Gasteiger partial charge in [-0.25, -0.2) is 4.68 Å². The van der Waals surface area contributed by atoms with Crippen LogP contribution in [0.5, 0.6) is 0 Å². The number of halogens is 1. The maximum Gasteiger partial charge on any atom is 0.327 e. The van der Waals surface area contributed by atoms with Crippen LogP contribution in [0.2, 0.25) is 5.02 Å². The fourth-order valence-corrected chi connectivity index (χ4v) is 2.47. The summed E-state index contributed by atoms with van der Waals surface area (Å²) in [6, 6.07) is 0. The Labute approximate surface area is 127 Å². The van der Waals surface area contributed by atoms with Crippen molar-refractivity contribution >= 4 is 23.3 Å². The summed E-state index contributed by atoms with van der Waals surface area (Å²) >= 11 is 6.10. The van der Waals surface area contributed by atoms with Crippen LogP contribution in [-0.4, -0.2) is 41.5 Å². The first-order valence-corrected chi connectivity index (χ1v) is 7.14. The zero-order valence-electron chi connectivity index (χ0n) is 12.1. The van der Waals surface area contributed by atoms with E-state index in [0.29, 0.717) is 5.69 Å². The number of rotatable bonds is 4. The van der Waals surface area contributed by atoms with E-state index >= 15 is 0 Å². The van der Waals surface area contributed by atoms with Gasteiger partial charge in [0.2, 0.25) is 0 Å². The fraction of sp³-hybridized carbons (Fsp3) is 0.615. The van der Waals surface area contributed by atoms with Crippen LogP contribution in [0.25, 0.3) is 0 Å². The minimum Gasteiger partial charge on any atom is -0.468 e. The van der Waals surface area contributed by atoms with E-state index in [2.05, 4.69) is 27.4 Å². The second-order valence-electron chi connectivity index (χ2n) is 5.35. The van der Waals surface area contributed by atoms with E-state index in [-0.39, 0.29) is 17.1 Å². The van der Waals surface area contributed by atoms with Gasteiger partial charge in [0.15, 0.2) is 0 Å². The summed E-state index contributed by atoms with van der Waals surface area (Å²) in [7, 11) is 1.25. The van der Waals surface area contributed by atoms with Crippen molar-refractivity contribution in [2.75, 3.05) is 25.5 Å². The Morgan fingerprint density at radius 2 is 2.24 bits per heavy atom. The molecule has 2 heterocycles. The number of aromatic nitrogens is 2. The van der Waals surface area contributed by atoms with E-state index < -0.39 is 11.5 Å². The highest BCUT2D eigenvalue weighted by Gasteiger charge is 2.27. The molecule has 1 aromatic heterocycles. The molecule has 0 aromatic carbocycles. The molecule has 0 amide bonds. The molecular formula is C13H19ClN4O3. The summed E-state index contributed by atoms with van der Waals surface area (Å²) in [5.41, 5.74) is -0.144. The third-order valence-corrected chi connectivity index (χ3v) is 4.00. The van der Waals surface area contributed by atoms with Crippen LogP contribution < -0.4 is 16.2 Å². The van der Waals surface area contributed by atoms with Gasteiger partial charge in [-0.1, -0.05) is 11.6 Å². The molecule has 0 spiro atoms. The molecule has 1 fully saturated rings. The first-order valence-electron chi connectivity index (χ1n) is 6.76. The van der Waals surface area contributed by atoms with Gasteiger partial charge in [0, 0.05) is 5.54 Å². The first kappa shape index (κ1) is 15.8. The molecule has 8 heteroatoms. The standard InChI is InChI=1S/C13H19ClN4O3/c1-13(3-5-15-6-4-13)17-9-7-16-18(8-10(19)21-2)12(20)11(9)14/h7,15,17H,3-6,8H2,1-2H3. The lowest BCUT2D eigenvalue weighted by Gasteiger charge is -2.36. The highest BCUT2D eigenvalue weighted by atomic mass is 35.5. The molecule has 1 aliphatic heterocycles. The molecule has 7 nitrogen and oxygen atoms in total. The predicted molar refractivity (Wildman–Crippen MR) is 79.7 cm³/mol. The molecule has 1 aromatic rings. The number of carbonyl (C=O) groups is 1. The lowest BCUT2D eigenvalue weighted by molar-refractivity contribution is -0.141. The number of hydrogen-bond acceptors (Lipinski definition) is 6. The highest BCUT2D eigenvalue weighted by Crippen LogP contribution is 2.26. The third-order valence-electron chi connectivity index (χ3n) is 3.63. The summed E-state index contributed by atoms with van der Waals surface area (Å²) in [5.74, 6) is -0.549. The maximum absolute atomic E-state index is 12.1. The van der Waals surface area contributed by atoms with Gasteiger partial charge >= 0.3 is 5.97 Å². The lowest BCUT2D eigenvalue weighted by Crippen LogP contribution is -2.45. The number of piperidine rings is 1. The van der Waals surface area contributed by atoms with Crippen molar-refractivity contribution in [2.24, 2.45) is 0 Å². The second kappa shape index (κ2) is 6.44. The number of esters is 1. The van der Waals surface area contributed by atoms with Crippen molar-refractivity contribution in [3.05, 3.63) is 21.6 Å². The smallest absolute Gasteiger partial charge is 0.327 e. The van der Waals surface area contributed by atoms with Crippen LogP contribution in [0, 0.1) is 0 Å². The molecule has 0 bridgehead atoms. The molecule has 0 aliphatic carbocycles. The largest absolute Gasteiger partial charge is 0.468 e. The molecule has 1 aliphatic rings. The van der Waals surface area contributed by atoms with Gasteiger partial charge in [0.25, 0.3) is 5.56 Å². The summed E-state index contributed by atoms with van der Waals surface area (Å²) in [5, 5.41) is 10.6. The monoisotopic (exact) mass is 314 g/mol. The van der Waals surface area contributed by atoms with E-state index in [1.807, 2.05) is 0 Å². The van der Waals surface area contributed by atoms with Gasteiger partial charge in [0.1, 0.15) is 11.6 Å². The Morgan fingerprint density at radius 1 is 1.57 bits per heavy atom. The Kier molecular flexibility index (Phi) is 4.84. The quantitative estimate of drug-likeness (QED) is 0.793. The number of nitrogens with one attached hydrogen (secondary N) is 2. The van der Waals surface area contributed by atoms with Crippen molar-refractivity contribution in [3.8, 4) is 0 Å². The maximum atomic E-state index is 12.1. The highest BCUT2D eigenvalue weighted by molar-refractivity contribution is 6.32. The molecule has 116 valence electrons. The normalized spacial score (nSPS) is 17.3. The Balaban J connectivity index is 2.20. The molecule has 0 atom stereocenters. The van der Waals surface area contributed by atoms with Crippen LogP contribution in [0.1, 0.15) is 19.8 Å². The van der Waals surface area contributed by atoms with E-state index in [9.17, 15) is 9.59 Å². The van der Waals surface area contributed by atoms with Gasteiger partial charge in [-0.05, 0) is 32.9 Å². The van der Waals surface area contributed by atoms with Crippen molar-refractivity contribution in [3.63, 3.8) is 0 Å². The molecule has 1 saturated heterocycles. The van der Waals surface area contributed by atoms with E-state index in [1.165, 1.54) is 13.3 Å². The number of ether oxygens (including phenoxy) is 1. The van der Waals surface area contributed by atoms with Crippen LogP contribution in [0.15, 0.2) is 11.0 Å². The lowest BCUT2D eigenvalue weighted by atomic mass is 9.90. The van der Waals surface area contributed by atoms with E-state index in [4.69, 9.17) is 11.6 Å². The summed E-state index contributed by atoms with van der Waals surface area (Å²) in [6.07, 6.45) is 3.32. The molecule has 0 radical (unpaired) electrons. The van der Waals surface area contributed by atoms with Gasteiger partial charge in [-0.2, -0.15) is 5.10 Å². The average Bonchev–Trinajstić information content (AvgIpc) is 2.47. The topological polar surface area (TPSA) is 85.2 Å². The third kappa shape index (κ3) is 3.74. The fourth-order valence-electron chi connectivity index (χ4n) is 2.28. The molecular weight excluding hydrogens is 296 g/mol. The van der Waals surface area contributed by atoms with Gasteiger partial charge < -0.3 is 15.4 Å². The van der Waals surface area contributed by atoms with Crippen LogP contribution in [0.4, 0.5) is 5.69 Å². The first-order chi connectivity index (χ1) is 9.95. The molecule has 0 unspecified atom stereocenters. The summed E-state index contributed by atoms with van der Waals surface area (Å²) < 4.78 is 5.50. The number of carbonyl (C=O) groups excluding carboxylic acids is 1. The van der Waals surface area contributed by atoms with Crippen molar-refractivity contribution < 1.29 is 9.53 Å². The van der Waals surface area contributed by atoms with Crippen LogP contribution in [0.3, 0.4) is 0 Å². The zero-order valence-corrected chi connectivity index (χ0v) is 12.9. The molecule has 2 rings (SSSR count). The SMILES string of the molecule is COC(=O)Cn1ncc(NC2(C)CCNCC2)c(Cl)c1=O.